The fourth-order valence-electron chi connectivity index (χ4n) is 2.12. The lowest BCUT2D eigenvalue weighted by atomic mass is 9.79. The number of fused-ring (bicyclic) bond motifs is 1. The molecule has 0 fully saturated rings. The number of azide groups is 1. The van der Waals surface area contributed by atoms with Gasteiger partial charge in [-0.25, -0.2) is 4.39 Å². The zero-order chi connectivity index (χ0) is 12.5. The van der Waals surface area contributed by atoms with Crippen LogP contribution in [0.3, 0.4) is 0 Å². The number of hydrogen-bond acceptors (Lipinski definition) is 2. The molecule has 1 aromatic carbocycles. The molecule has 0 saturated heterocycles. The van der Waals surface area contributed by atoms with Gasteiger partial charge in [-0.1, -0.05) is 11.2 Å². The maximum Gasteiger partial charge on any atom is 0.123 e. The molecule has 5 heteroatoms. The molecule has 0 unspecified atom stereocenters. The van der Waals surface area contributed by atoms with Gasteiger partial charge in [0.1, 0.15) is 18.2 Å². The van der Waals surface area contributed by atoms with Gasteiger partial charge in [-0.05, 0) is 30.7 Å². The van der Waals surface area contributed by atoms with E-state index in [1.54, 1.807) is 19.1 Å². The van der Waals surface area contributed by atoms with E-state index in [9.17, 15) is 4.39 Å². The summed E-state index contributed by atoms with van der Waals surface area (Å²) in [5, 5.41) is 3.76. The van der Waals surface area contributed by atoms with Crippen LogP contribution in [-0.4, -0.2) is 12.1 Å². The van der Waals surface area contributed by atoms with Crippen molar-refractivity contribution < 1.29 is 9.13 Å². The van der Waals surface area contributed by atoms with Crippen LogP contribution in [-0.2, 0) is 0 Å². The van der Waals surface area contributed by atoms with Crippen LogP contribution in [0.15, 0.2) is 36.0 Å². The van der Waals surface area contributed by atoms with E-state index >= 15 is 0 Å². The molecule has 0 bridgehead atoms. The lowest BCUT2D eigenvalue weighted by Gasteiger charge is -2.37. The Hall–Kier alpha value is -2.00. The van der Waals surface area contributed by atoms with E-state index in [0.717, 1.165) is 0 Å². The van der Waals surface area contributed by atoms with Gasteiger partial charge in [-0.2, -0.15) is 0 Å². The molecule has 0 N–H and O–H groups in total. The minimum Gasteiger partial charge on any atom is -0.493 e. The first-order valence-corrected chi connectivity index (χ1v) is 5.22. The van der Waals surface area contributed by atoms with Crippen molar-refractivity contribution in [1.82, 2.24) is 0 Å². The fourth-order valence-corrected chi connectivity index (χ4v) is 2.12. The summed E-state index contributed by atoms with van der Waals surface area (Å²) in [6.07, 6.45) is 1.66. The number of hydrogen-bond donors (Lipinski definition) is 0. The predicted molar refractivity (Wildman–Crippen MR) is 62.4 cm³/mol. The lowest BCUT2D eigenvalue weighted by Crippen LogP contribution is -2.39. The highest BCUT2D eigenvalue weighted by Gasteiger charge is 2.39. The largest absolute Gasteiger partial charge is 0.493 e. The second kappa shape index (κ2) is 4.11. The van der Waals surface area contributed by atoms with Gasteiger partial charge in [0.05, 0.1) is 5.54 Å². The van der Waals surface area contributed by atoms with Crippen molar-refractivity contribution in [3.63, 3.8) is 0 Å². The zero-order valence-electron chi connectivity index (χ0n) is 9.43. The molecule has 88 valence electrons. The Morgan fingerprint density at radius 1 is 1.71 bits per heavy atom. The SMILES string of the molecule is C=C[C@H]1c2cc(F)ccc2OC[C@@]1(C)N=[N+]=[N-]. The topological polar surface area (TPSA) is 58.0 Å². The van der Waals surface area contributed by atoms with Gasteiger partial charge in [0.25, 0.3) is 0 Å². The molecule has 1 aromatic rings. The molecule has 0 saturated carbocycles. The molecule has 2 rings (SSSR count). The van der Waals surface area contributed by atoms with Gasteiger partial charge in [0, 0.05) is 16.4 Å². The van der Waals surface area contributed by atoms with Crippen molar-refractivity contribution in [2.45, 2.75) is 18.4 Å². The van der Waals surface area contributed by atoms with Crippen LogP contribution in [0, 0.1) is 5.82 Å². The summed E-state index contributed by atoms with van der Waals surface area (Å²) in [6.45, 7) is 5.76. The van der Waals surface area contributed by atoms with Gasteiger partial charge in [0.15, 0.2) is 0 Å². The van der Waals surface area contributed by atoms with Crippen LogP contribution in [0.25, 0.3) is 10.4 Å². The van der Waals surface area contributed by atoms with Crippen molar-refractivity contribution in [3.8, 4) is 5.75 Å². The summed E-state index contributed by atoms with van der Waals surface area (Å²) in [6, 6.07) is 4.32. The van der Waals surface area contributed by atoms with Crippen molar-refractivity contribution in [2.75, 3.05) is 6.61 Å². The van der Waals surface area contributed by atoms with Crippen LogP contribution >= 0.6 is 0 Å². The van der Waals surface area contributed by atoms with Crippen LogP contribution in [0.5, 0.6) is 5.75 Å². The van der Waals surface area contributed by atoms with Crippen molar-refractivity contribution in [3.05, 3.63) is 52.7 Å². The normalized spacial score (nSPS) is 26.4. The lowest BCUT2D eigenvalue weighted by molar-refractivity contribution is 0.189. The van der Waals surface area contributed by atoms with Crippen LogP contribution in [0.1, 0.15) is 18.4 Å². The molecular formula is C12H12FN3O. The monoisotopic (exact) mass is 233 g/mol. The highest BCUT2D eigenvalue weighted by molar-refractivity contribution is 5.43. The van der Waals surface area contributed by atoms with Gasteiger partial charge < -0.3 is 4.74 Å². The average molecular weight is 233 g/mol. The van der Waals surface area contributed by atoms with E-state index in [-0.39, 0.29) is 18.3 Å². The Morgan fingerprint density at radius 3 is 3.12 bits per heavy atom. The smallest absolute Gasteiger partial charge is 0.123 e. The van der Waals surface area contributed by atoms with E-state index in [2.05, 4.69) is 16.6 Å². The van der Waals surface area contributed by atoms with Crippen LogP contribution in [0.2, 0.25) is 0 Å². The summed E-state index contributed by atoms with van der Waals surface area (Å²) in [5.74, 6) is 0.0177. The maximum absolute atomic E-state index is 13.2. The second-order valence-corrected chi connectivity index (χ2v) is 4.23. The number of ether oxygens (including phenoxy) is 1. The fraction of sp³-hybridized carbons (Fsp3) is 0.333. The third kappa shape index (κ3) is 1.85. The van der Waals surface area contributed by atoms with Crippen molar-refractivity contribution in [1.29, 1.82) is 0 Å². The first kappa shape index (κ1) is 11.5. The summed E-state index contributed by atoms with van der Waals surface area (Å²) < 4.78 is 18.7. The van der Waals surface area contributed by atoms with Gasteiger partial charge in [-0.3, -0.25) is 0 Å². The molecule has 17 heavy (non-hydrogen) atoms. The number of benzene rings is 1. The second-order valence-electron chi connectivity index (χ2n) is 4.23. The van der Waals surface area contributed by atoms with E-state index < -0.39 is 5.54 Å². The standard InChI is InChI=1S/C12H12FN3O/c1-3-10-9-6-8(13)4-5-11(9)17-7-12(10,2)15-16-14/h3-6,10H,1,7H2,2H3/t10-,12+/m0/s1. The number of halogens is 1. The highest BCUT2D eigenvalue weighted by atomic mass is 19.1. The third-order valence-corrected chi connectivity index (χ3v) is 3.01. The van der Waals surface area contributed by atoms with E-state index in [4.69, 9.17) is 10.3 Å². The molecule has 1 heterocycles. The van der Waals surface area contributed by atoms with Crippen LogP contribution < -0.4 is 4.74 Å². The zero-order valence-corrected chi connectivity index (χ0v) is 9.43. The molecule has 0 aliphatic carbocycles. The van der Waals surface area contributed by atoms with E-state index in [1.165, 1.54) is 12.1 Å². The molecular weight excluding hydrogens is 221 g/mol. The molecule has 0 spiro atoms. The summed E-state index contributed by atoms with van der Waals surface area (Å²) >= 11 is 0. The van der Waals surface area contributed by atoms with Gasteiger partial charge in [0.2, 0.25) is 0 Å². The third-order valence-electron chi connectivity index (χ3n) is 3.01. The van der Waals surface area contributed by atoms with E-state index in [1.807, 2.05) is 0 Å². The Balaban J connectivity index is 2.56. The first-order chi connectivity index (χ1) is 8.10. The molecule has 1 aliphatic rings. The Bertz CT molecular complexity index is 510. The Morgan fingerprint density at radius 2 is 2.47 bits per heavy atom. The number of rotatable bonds is 2. The predicted octanol–water partition coefficient (Wildman–Crippen LogP) is 3.56. The van der Waals surface area contributed by atoms with Gasteiger partial charge >= 0.3 is 0 Å². The average Bonchev–Trinajstić information content (AvgIpc) is 2.29. The quantitative estimate of drug-likeness (QED) is 0.333. The van der Waals surface area contributed by atoms with Crippen LogP contribution in [0.4, 0.5) is 4.39 Å². The van der Waals surface area contributed by atoms with Crippen molar-refractivity contribution in [2.24, 2.45) is 5.11 Å². The molecule has 0 aromatic heterocycles. The molecule has 4 nitrogen and oxygen atoms in total. The summed E-state index contributed by atoms with van der Waals surface area (Å²) in [5.41, 5.74) is 8.50. The molecule has 0 amide bonds. The Labute approximate surface area is 98.3 Å². The van der Waals surface area contributed by atoms with E-state index in [0.29, 0.717) is 11.3 Å². The maximum atomic E-state index is 13.2. The first-order valence-electron chi connectivity index (χ1n) is 5.22. The molecule has 2 atom stereocenters. The summed E-state index contributed by atoms with van der Waals surface area (Å²) in [4.78, 5) is 2.83. The molecule has 0 radical (unpaired) electrons. The Kier molecular flexibility index (Phi) is 2.77. The highest BCUT2D eigenvalue weighted by Crippen LogP contribution is 2.42. The van der Waals surface area contributed by atoms with Crippen molar-refractivity contribution >= 4 is 0 Å². The minimum atomic E-state index is -0.767. The molecule has 1 aliphatic heterocycles. The van der Waals surface area contributed by atoms with Gasteiger partial charge in [-0.15, -0.1) is 6.58 Å². The number of nitrogens with zero attached hydrogens (tertiary/aromatic N) is 3. The minimum absolute atomic E-state index is 0.252. The summed E-state index contributed by atoms with van der Waals surface area (Å²) in [7, 11) is 0.